The van der Waals surface area contributed by atoms with Gasteiger partial charge in [-0.05, 0) is 51.4 Å². The Bertz CT molecular complexity index is 2520. The first-order valence-electron chi connectivity index (χ1n) is 15.7. The lowest BCUT2D eigenvalue weighted by Crippen LogP contribution is -2.30. The van der Waals surface area contributed by atoms with Crippen LogP contribution in [0.15, 0.2) is 152 Å². The number of fused-ring (bicyclic) bond motifs is 9. The first-order valence-corrected chi connectivity index (χ1v) is 15.7. The molecule has 5 heteroatoms. The number of hydrogen-bond donors (Lipinski definition) is 0. The third-order valence-electron chi connectivity index (χ3n) is 9.57. The van der Waals surface area contributed by atoms with Crippen molar-refractivity contribution in [1.29, 1.82) is 0 Å². The Labute approximate surface area is 265 Å². The summed E-state index contributed by atoms with van der Waals surface area (Å²) in [5, 5.41) is 7.15. The van der Waals surface area contributed by atoms with E-state index in [2.05, 4.69) is 161 Å². The molecule has 5 nitrogen and oxygen atoms in total. The summed E-state index contributed by atoms with van der Waals surface area (Å²) in [5.41, 5.74) is 5.50. The van der Waals surface area contributed by atoms with Crippen LogP contribution >= 0.6 is 0 Å². The van der Waals surface area contributed by atoms with Crippen molar-refractivity contribution in [3.63, 3.8) is 0 Å². The van der Waals surface area contributed by atoms with Crippen LogP contribution in [0.25, 0.3) is 60.7 Å². The van der Waals surface area contributed by atoms with Crippen molar-refractivity contribution in [3.8, 4) is 17.3 Å². The molecule has 0 spiro atoms. The fraction of sp³-hybridized carbons (Fsp3) is 0.0488. The largest absolute Gasteiger partial charge is 0.302 e. The molecule has 0 saturated heterocycles. The number of anilines is 2. The smallest absolute Gasteiger partial charge is 0.240 e. The monoisotopic (exact) mass is 589 g/mol. The molecule has 46 heavy (non-hydrogen) atoms. The number of hydrogen-bond acceptors (Lipinski definition) is 4. The Morgan fingerprint density at radius 3 is 1.96 bits per heavy atom. The van der Waals surface area contributed by atoms with Gasteiger partial charge in [-0.2, -0.15) is 15.0 Å². The zero-order chi connectivity index (χ0) is 30.2. The molecule has 2 unspecified atom stereocenters. The molecule has 0 bridgehead atoms. The molecule has 8 aromatic rings. The van der Waals surface area contributed by atoms with Crippen LogP contribution < -0.4 is 4.90 Å². The van der Waals surface area contributed by atoms with Crippen LogP contribution in [0.5, 0.6) is 0 Å². The Morgan fingerprint density at radius 1 is 0.500 bits per heavy atom. The molecule has 0 saturated carbocycles. The highest BCUT2D eigenvalue weighted by molar-refractivity contribution is 6.10. The highest BCUT2D eigenvalue weighted by Gasteiger charge is 2.39. The first kappa shape index (κ1) is 25.3. The second-order valence-corrected chi connectivity index (χ2v) is 12.1. The number of rotatable bonds is 3. The second-order valence-electron chi connectivity index (χ2n) is 12.1. The SMILES string of the molecule is C1=CC2c3ccccc3N(c3nc(-c4ccc5ccc6ccccc6c5c4)nc(-n4c5ccccc5c5ccccc54)n3)C2C=C1. The number of benzene rings is 6. The van der Waals surface area contributed by atoms with Crippen LogP contribution in [0.4, 0.5) is 11.6 Å². The zero-order valence-electron chi connectivity index (χ0n) is 24.8. The maximum atomic E-state index is 5.29. The van der Waals surface area contributed by atoms with Crippen molar-refractivity contribution < 1.29 is 0 Å². The molecule has 3 heterocycles. The van der Waals surface area contributed by atoms with Gasteiger partial charge in [0.05, 0.1) is 17.1 Å². The average molecular weight is 590 g/mol. The van der Waals surface area contributed by atoms with Gasteiger partial charge in [0.25, 0.3) is 0 Å². The van der Waals surface area contributed by atoms with Crippen molar-refractivity contribution >= 4 is 55.0 Å². The van der Waals surface area contributed by atoms with E-state index in [1.165, 1.54) is 37.9 Å². The zero-order valence-corrected chi connectivity index (χ0v) is 24.8. The van der Waals surface area contributed by atoms with Crippen LogP contribution in [-0.2, 0) is 0 Å². The lowest BCUT2D eigenvalue weighted by molar-refractivity contribution is 0.725. The van der Waals surface area contributed by atoms with Crippen molar-refractivity contribution in [2.45, 2.75) is 12.0 Å². The van der Waals surface area contributed by atoms with Gasteiger partial charge < -0.3 is 4.90 Å². The third-order valence-corrected chi connectivity index (χ3v) is 9.57. The van der Waals surface area contributed by atoms with Gasteiger partial charge >= 0.3 is 0 Å². The summed E-state index contributed by atoms with van der Waals surface area (Å²) in [6, 6.07) is 45.1. The normalized spacial score (nSPS) is 16.9. The van der Waals surface area contributed by atoms with E-state index in [-0.39, 0.29) is 12.0 Å². The summed E-state index contributed by atoms with van der Waals surface area (Å²) in [5.74, 6) is 2.12. The van der Waals surface area contributed by atoms with E-state index < -0.39 is 0 Å². The van der Waals surface area contributed by atoms with Crippen LogP contribution in [0.3, 0.4) is 0 Å². The summed E-state index contributed by atoms with van der Waals surface area (Å²) >= 11 is 0. The van der Waals surface area contributed by atoms with E-state index in [1.807, 2.05) is 0 Å². The summed E-state index contributed by atoms with van der Waals surface area (Å²) in [4.78, 5) is 18.1. The Hall–Kier alpha value is -6.07. The lowest BCUT2D eigenvalue weighted by atomic mass is 9.92. The number of allylic oxidation sites excluding steroid dienone is 2. The highest BCUT2D eigenvalue weighted by Crippen LogP contribution is 2.47. The molecule has 0 amide bonds. The van der Waals surface area contributed by atoms with Gasteiger partial charge in [-0.1, -0.05) is 127 Å². The molecule has 6 aromatic carbocycles. The molecule has 2 aromatic heterocycles. The molecule has 0 N–H and O–H groups in total. The molecule has 10 rings (SSSR count). The van der Waals surface area contributed by atoms with Gasteiger partial charge in [-0.25, -0.2) is 0 Å². The molecule has 2 aliphatic rings. The summed E-state index contributed by atoms with van der Waals surface area (Å²) in [6.07, 6.45) is 8.82. The maximum absolute atomic E-state index is 5.29. The minimum atomic E-state index is 0.0733. The Balaban J connectivity index is 1.27. The van der Waals surface area contributed by atoms with Gasteiger partial charge in [-0.15, -0.1) is 0 Å². The van der Waals surface area contributed by atoms with Gasteiger partial charge in [0.1, 0.15) is 0 Å². The fourth-order valence-electron chi connectivity index (χ4n) is 7.49. The Kier molecular flexibility index (Phi) is 5.34. The molecule has 2 atom stereocenters. The minimum absolute atomic E-state index is 0.0733. The van der Waals surface area contributed by atoms with Crippen molar-refractivity contribution in [1.82, 2.24) is 19.5 Å². The quantitative estimate of drug-likeness (QED) is 0.193. The first-order chi connectivity index (χ1) is 22.8. The van der Waals surface area contributed by atoms with Crippen LogP contribution in [0.1, 0.15) is 11.5 Å². The highest BCUT2D eigenvalue weighted by atomic mass is 15.3. The fourth-order valence-corrected chi connectivity index (χ4v) is 7.49. The molecule has 0 fully saturated rings. The second kappa shape index (κ2) is 9.71. The molecule has 216 valence electrons. The van der Waals surface area contributed by atoms with E-state index in [4.69, 9.17) is 15.0 Å². The van der Waals surface area contributed by atoms with E-state index >= 15 is 0 Å². The molecular formula is C41H27N5. The van der Waals surface area contributed by atoms with Crippen LogP contribution in [0, 0.1) is 0 Å². The topological polar surface area (TPSA) is 46.8 Å². The van der Waals surface area contributed by atoms with Crippen molar-refractivity contribution in [3.05, 3.63) is 157 Å². The third kappa shape index (κ3) is 3.66. The summed E-state index contributed by atoms with van der Waals surface area (Å²) in [6.45, 7) is 0. The van der Waals surface area contributed by atoms with E-state index in [1.54, 1.807) is 0 Å². The molecule has 1 aliphatic heterocycles. The lowest BCUT2D eigenvalue weighted by Gasteiger charge is -2.27. The molecule has 1 aliphatic carbocycles. The number of para-hydroxylation sites is 3. The minimum Gasteiger partial charge on any atom is -0.302 e. The van der Waals surface area contributed by atoms with E-state index in [0.29, 0.717) is 17.7 Å². The van der Waals surface area contributed by atoms with Crippen molar-refractivity contribution in [2.24, 2.45) is 0 Å². The van der Waals surface area contributed by atoms with Gasteiger partial charge in [-0.3, -0.25) is 4.57 Å². The van der Waals surface area contributed by atoms with Crippen molar-refractivity contribution in [2.75, 3.05) is 4.90 Å². The number of aromatic nitrogens is 4. The predicted molar refractivity (Wildman–Crippen MR) is 188 cm³/mol. The standard InChI is InChI=1S/C41H27N5/c1-2-12-29-26(11-1)21-22-27-23-24-28(25-34(27)29)39-42-40(45-35-17-7-3-13-30(35)31-14-4-8-18-36(31)45)44-41(43-39)46-37-19-9-5-15-32(37)33-16-6-10-20-38(33)46/h1-25,30,35H. The average Bonchev–Trinajstić information content (AvgIpc) is 3.64. The van der Waals surface area contributed by atoms with Crippen LogP contribution in [-0.4, -0.2) is 25.6 Å². The van der Waals surface area contributed by atoms with E-state index in [9.17, 15) is 0 Å². The Morgan fingerprint density at radius 2 is 1.13 bits per heavy atom. The van der Waals surface area contributed by atoms with Gasteiger partial charge in [0.2, 0.25) is 11.9 Å². The van der Waals surface area contributed by atoms with Crippen LogP contribution in [0.2, 0.25) is 0 Å². The maximum Gasteiger partial charge on any atom is 0.240 e. The predicted octanol–water partition coefficient (Wildman–Crippen LogP) is 9.67. The molecular weight excluding hydrogens is 562 g/mol. The summed E-state index contributed by atoms with van der Waals surface area (Å²) in [7, 11) is 0. The summed E-state index contributed by atoms with van der Waals surface area (Å²) < 4.78 is 2.19. The number of nitrogens with zero attached hydrogens (tertiary/aromatic N) is 5. The van der Waals surface area contributed by atoms with E-state index in [0.717, 1.165) is 22.3 Å². The molecule has 0 radical (unpaired) electrons. The van der Waals surface area contributed by atoms with Gasteiger partial charge in [0, 0.05) is 27.9 Å². The van der Waals surface area contributed by atoms with Gasteiger partial charge in [0.15, 0.2) is 5.82 Å².